The molecule has 0 atom stereocenters. The quantitative estimate of drug-likeness (QED) is 0.726. The van der Waals surface area contributed by atoms with Gasteiger partial charge in [-0.3, -0.25) is 0 Å². The monoisotopic (exact) mass is 298 g/mol. The SMILES string of the molecule is Oc1ccc(-c2ccccc2Oc2ccccc2)c(F)c1F. The predicted octanol–water partition coefficient (Wildman–Crippen LogP) is 5.13. The highest BCUT2D eigenvalue weighted by atomic mass is 19.2. The van der Waals surface area contributed by atoms with Gasteiger partial charge in [0.2, 0.25) is 5.82 Å². The number of phenols is 1. The van der Waals surface area contributed by atoms with Gasteiger partial charge in [-0.1, -0.05) is 36.4 Å². The van der Waals surface area contributed by atoms with Crippen LogP contribution < -0.4 is 4.74 Å². The molecule has 0 saturated carbocycles. The first-order chi connectivity index (χ1) is 10.7. The highest BCUT2D eigenvalue weighted by Gasteiger charge is 2.17. The molecule has 0 aliphatic carbocycles. The third-order valence-corrected chi connectivity index (χ3v) is 3.21. The van der Waals surface area contributed by atoms with Crippen LogP contribution in [-0.2, 0) is 0 Å². The molecule has 2 nitrogen and oxygen atoms in total. The van der Waals surface area contributed by atoms with E-state index in [9.17, 15) is 13.9 Å². The number of benzene rings is 3. The molecule has 22 heavy (non-hydrogen) atoms. The number of rotatable bonds is 3. The number of halogens is 2. The number of hydrogen-bond acceptors (Lipinski definition) is 2. The van der Waals surface area contributed by atoms with Gasteiger partial charge in [-0.05, 0) is 30.3 Å². The molecule has 0 fully saturated rings. The van der Waals surface area contributed by atoms with Gasteiger partial charge in [0, 0.05) is 11.1 Å². The summed E-state index contributed by atoms with van der Waals surface area (Å²) in [6.07, 6.45) is 0. The Balaban J connectivity index is 2.07. The molecule has 4 heteroatoms. The van der Waals surface area contributed by atoms with Crippen LogP contribution in [0.25, 0.3) is 11.1 Å². The summed E-state index contributed by atoms with van der Waals surface area (Å²) in [7, 11) is 0. The van der Waals surface area contributed by atoms with E-state index >= 15 is 0 Å². The minimum Gasteiger partial charge on any atom is -0.505 e. The molecule has 1 N–H and O–H groups in total. The largest absolute Gasteiger partial charge is 0.505 e. The van der Waals surface area contributed by atoms with Gasteiger partial charge in [-0.2, -0.15) is 4.39 Å². The van der Waals surface area contributed by atoms with Crippen molar-refractivity contribution in [3.63, 3.8) is 0 Å². The third-order valence-electron chi connectivity index (χ3n) is 3.21. The molecule has 110 valence electrons. The Morgan fingerprint density at radius 2 is 1.36 bits per heavy atom. The maximum absolute atomic E-state index is 14.1. The molecule has 0 aliphatic rings. The zero-order chi connectivity index (χ0) is 15.5. The van der Waals surface area contributed by atoms with E-state index in [-0.39, 0.29) is 5.56 Å². The second kappa shape index (κ2) is 5.85. The predicted molar refractivity (Wildman–Crippen MR) is 80.0 cm³/mol. The van der Waals surface area contributed by atoms with E-state index in [0.717, 1.165) is 6.07 Å². The van der Waals surface area contributed by atoms with E-state index in [1.807, 2.05) is 18.2 Å². The van der Waals surface area contributed by atoms with Gasteiger partial charge in [-0.25, -0.2) is 4.39 Å². The Hall–Kier alpha value is -2.88. The van der Waals surface area contributed by atoms with Gasteiger partial charge in [0.1, 0.15) is 11.5 Å². The number of hydrogen-bond donors (Lipinski definition) is 1. The van der Waals surface area contributed by atoms with Crippen molar-refractivity contribution in [3.05, 3.63) is 78.4 Å². The smallest absolute Gasteiger partial charge is 0.200 e. The van der Waals surface area contributed by atoms with Crippen molar-refractivity contribution in [3.8, 4) is 28.4 Å². The van der Waals surface area contributed by atoms with Gasteiger partial charge in [0.15, 0.2) is 11.6 Å². The van der Waals surface area contributed by atoms with Crippen molar-refractivity contribution >= 4 is 0 Å². The van der Waals surface area contributed by atoms with Crippen LogP contribution in [-0.4, -0.2) is 5.11 Å². The molecule has 0 heterocycles. The van der Waals surface area contributed by atoms with Crippen molar-refractivity contribution in [2.45, 2.75) is 0 Å². The Bertz CT molecular complexity index is 801. The zero-order valence-electron chi connectivity index (χ0n) is 11.5. The standard InChI is InChI=1S/C18H12F2O2/c19-17-14(10-11-15(21)18(17)20)13-8-4-5-9-16(13)22-12-6-2-1-3-7-12/h1-11,21H. The lowest BCUT2D eigenvalue weighted by atomic mass is 10.0. The molecule has 0 bridgehead atoms. The van der Waals surface area contributed by atoms with Gasteiger partial charge < -0.3 is 9.84 Å². The van der Waals surface area contributed by atoms with E-state index in [4.69, 9.17) is 4.74 Å². The molecule has 3 aromatic carbocycles. The number of aromatic hydroxyl groups is 1. The van der Waals surface area contributed by atoms with Crippen LogP contribution in [0.3, 0.4) is 0 Å². The molecule has 0 spiro atoms. The lowest BCUT2D eigenvalue weighted by molar-refractivity contribution is 0.408. The van der Waals surface area contributed by atoms with Crippen molar-refractivity contribution in [2.75, 3.05) is 0 Å². The molecule has 3 aromatic rings. The van der Waals surface area contributed by atoms with Crippen LogP contribution in [0.4, 0.5) is 8.78 Å². The highest BCUT2D eigenvalue weighted by Crippen LogP contribution is 2.36. The lowest BCUT2D eigenvalue weighted by Gasteiger charge is -2.12. The molecule has 3 rings (SSSR count). The van der Waals surface area contributed by atoms with Crippen molar-refractivity contribution in [1.29, 1.82) is 0 Å². The van der Waals surface area contributed by atoms with Crippen molar-refractivity contribution < 1.29 is 18.6 Å². The van der Waals surface area contributed by atoms with E-state index < -0.39 is 17.4 Å². The number of para-hydroxylation sites is 2. The van der Waals surface area contributed by atoms with Crippen molar-refractivity contribution in [1.82, 2.24) is 0 Å². The molecule has 0 aliphatic heterocycles. The molecule has 0 unspecified atom stereocenters. The summed E-state index contributed by atoms with van der Waals surface area (Å²) in [5.41, 5.74) is 0.435. The van der Waals surface area contributed by atoms with E-state index in [1.165, 1.54) is 6.07 Å². The minimum absolute atomic E-state index is 0.0295. The molecular weight excluding hydrogens is 286 g/mol. The first kappa shape index (κ1) is 14.1. The van der Waals surface area contributed by atoms with Gasteiger partial charge in [0.25, 0.3) is 0 Å². The average molecular weight is 298 g/mol. The molecular formula is C18H12F2O2. The second-order valence-corrected chi connectivity index (χ2v) is 4.67. The normalized spacial score (nSPS) is 10.5. The Kier molecular flexibility index (Phi) is 3.74. The van der Waals surface area contributed by atoms with Crippen LogP contribution in [0.15, 0.2) is 66.7 Å². The summed E-state index contributed by atoms with van der Waals surface area (Å²) >= 11 is 0. The van der Waals surface area contributed by atoms with Crippen LogP contribution in [0.5, 0.6) is 17.2 Å². The van der Waals surface area contributed by atoms with Crippen LogP contribution in [0.2, 0.25) is 0 Å². The summed E-state index contributed by atoms with van der Waals surface area (Å²) in [6.45, 7) is 0. The van der Waals surface area contributed by atoms with E-state index in [2.05, 4.69) is 0 Å². The van der Waals surface area contributed by atoms with Gasteiger partial charge in [-0.15, -0.1) is 0 Å². The van der Waals surface area contributed by atoms with Crippen LogP contribution in [0, 0.1) is 11.6 Å². The topological polar surface area (TPSA) is 29.5 Å². The Morgan fingerprint density at radius 3 is 2.14 bits per heavy atom. The fourth-order valence-corrected chi connectivity index (χ4v) is 2.14. The Labute approximate surface area is 126 Å². The average Bonchev–Trinajstić information content (AvgIpc) is 2.55. The van der Waals surface area contributed by atoms with E-state index in [1.54, 1.807) is 36.4 Å². The minimum atomic E-state index is -1.27. The lowest BCUT2D eigenvalue weighted by Crippen LogP contribution is -1.93. The zero-order valence-corrected chi connectivity index (χ0v) is 11.5. The molecule has 0 saturated heterocycles. The summed E-state index contributed by atoms with van der Waals surface area (Å²) in [4.78, 5) is 0. The number of ether oxygens (including phenoxy) is 1. The van der Waals surface area contributed by atoms with Gasteiger partial charge in [0.05, 0.1) is 0 Å². The fourth-order valence-electron chi connectivity index (χ4n) is 2.14. The van der Waals surface area contributed by atoms with Crippen LogP contribution in [0.1, 0.15) is 0 Å². The maximum Gasteiger partial charge on any atom is 0.200 e. The van der Waals surface area contributed by atoms with E-state index in [0.29, 0.717) is 17.1 Å². The van der Waals surface area contributed by atoms with Crippen LogP contribution >= 0.6 is 0 Å². The Morgan fingerprint density at radius 1 is 0.682 bits per heavy atom. The molecule has 0 amide bonds. The third kappa shape index (κ3) is 2.63. The highest BCUT2D eigenvalue weighted by molar-refractivity contribution is 5.72. The summed E-state index contributed by atoms with van der Waals surface area (Å²) in [6, 6.07) is 18.2. The second-order valence-electron chi connectivity index (χ2n) is 4.67. The maximum atomic E-state index is 14.1. The molecule has 0 radical (unpaired) electrons. The first-order valence-electron chi connectivity index (χ1n) is 6.66. The number of phenolic OH excluding ortho intramolecular Hbond substituents is 1. The summed E-state index contributed by atoms with van der Waals surface area (Å²) in [5, 5.41) is 9.23. The molecule has 0 aromatic heterocycles. The summed E-state index contributed by atoms with van der Waals surface area (Å²) in [5.74, 6) is -2.11. The first-order valence-corrected chi connectivity index (χ1v) is 6.66. The van der Waals surface area contributed by atoms with Crippen molar-refractivity contribution in [2.24, 2.45) is 0 Å². The van der Waals surface area contributed by atoms with Gasteiger partial charge >= 0.3 is 0 Å². The summed E-state index contributed by atoms with van der Waals surface area (Å²) < 4.78 is 33.4. The fraction of sp³-hybridized carbons (Fsp3) is 0.